The van der Waals surface area contributed by atoms with Crippen LogP contribution in [0, 0.1) is 4.64 Å². The van der Waals surface area contributed by atoms with Crippen LogP contribution in [0.2, 0.25) is 0 Å². The number of thioether (sulfide) groups is 1. The molecule has 1 heterocycles. The maximum Gasteiger partial charge on any atom is 0.103 e. The minimum absolute atomic E-state index is 0. The number of aromatic amines is 1. The van der Waals surface area contributed by atoms with E-state index in [1.54, 1.807) is 0 Å². The number of rotatable bonds is 4. The van der Waals surface area contributed by atoms with Crippen LogP contribution < -0.4 is 12.4 Å². The molecule has 0 aliphatic carbocycles. The van der Waals surface area contributed by atoms with Crippen molar-refractivity contribution in [3.63, 3.8) is 0 Å². The first kappa shape index (κ1) is 26.8. The van der Waals surface area contributed by atoms with Gasteiger partial charge in [-0.05, 0) is 23.6 Å². The molecule has 1 rings (SSSR count). The zero-order chi connectivity index (χ0) is 10.6. The molecule has 0 unspecified atom stereocenters. The topological polar surface area (TPSA) is 44.3 Å². The van der Waals surface area contributed by atoms with E-state index < -0.39 is 0 Å². The van der Waals surface area contributed by atoms with Crippen molar-refractivity contribution in [2.75, 3.05) is 23.0 Å². The minimum Gasteiger partial charge on any atom is -2.00 e. The summed E-state index contributed by atoms with van der Waals surface area (Å²) in [5.41, 5.74) is 0. The van der Waals surface area contributed by atoms with Gasteiger partial charge in [0.15, 0.2) is 0 Å². The monoisotopic (exact) mass is 501 g/mol. The molecule has 0 amide bonds. The van der Waals surface area contributed by atoms with Crippen LogP contribution in [-0.4, -0.2) is 28.0 Å². The third kappa shape index (κ3) is 22.9. The summed E-state index contributed by atoms with van der Waals surface area (Å²) in [5, 5.41) is 0. The maximum atomic E-state index is 4.76. The maximum absolute atomic E-state index is 4.76. The number of nitrogens with one attached hydrogen (secondary N) is 1. The molecule has 0 saturated heterocycles. The van der Waals surface area contributed by atoms with Crippen molar-refractivity contribution in [1.82, 2.24) is 4.98 Å². The summed E-state index contributed by atoms with van der Waals surface area (Å²) in [6, 6.07) is 5.64. The Balaban J connectivity index is -0.0000000845. The van der Waals surface area contributed by atoms with Crippen molar-refractivity contribution in [2.24, 2.45) is 0 Å². The predicted octanol–water partition coefficient (Wildman–Crippen LogP) is -0.560. The molecular formula is C9H13ClNOReS4-5. The molecule has 1 radical (unpaired) electrons. The molecule has 0 spiro atoms. The molecule has 2 nitrogen and oxygen atoms in total. The molecule has 0 aliphatic heterocycles. The van der Waals surface area contributed by atoms with Crippen molar-refractivity contribution in [2.45, 2.75) is 0 Å². The summed E-state index contributed by atoms with van der Waals surface area (Å²) in [6.45, 7) is 0. The predicted molar refractivity (Wildman–Crippen MR) is 74.1 cm³/mol. The third-order valence-corrected chi connectivity index (χ3v) is 3.30. The first-order valence-corrected chi connectivity index (χ1v) is 6.90. The van der Waals surface area contributed by atoms with Gasteiger partial charge in [-0.1, -0.05) is 18.3 Å². The van der Waals surface area contributed by atoms with Crippen molar-refractivity contribution < 1.29 is 38.3 Å². The van der Waals surface area contributed by atoms with E-state index in [0.717, 1.165) is 27.7 Å². The molecule has 0 bridgehead atoms. The smallest absolute Gasteiger partial charge is 0.103 e. The fraction of sp³-hybridized carbons (Fsp3) is 0.444. The van der Waals surface area contributed by atoms with Crippen molar-refractivity contribution in [3.05, 3.63) is 29.0 Å². The molecule has 8 heteroatoms. The van der Waals surface area contributed by atoms with Crippen LogP contribution in [0.25, 0.3) is 0 Å². The van der Waals surface area contributed by atoms with E-state index >= 15 is 0 Å². The van der Waals surface area contributed by atoms with Crippen LogP contribution in [-0.2, 0) is 51.2 Å². The zero-order valence-corrected chi connectivity index (χ0v) is 15.7. The molecule has 0 aliphatic rings. The van der Waals surface area contributed by atoms with Crippen LogP contribution in [0.5, 0.6) is 0 Å². The molecule has 0 saturated carbocycles. The summed E-state index contributed by atoms with van der Waals surface area (Å²) in [4.78, 5) is 2.85. The quantitative estimate of drug-likeness (QED) is 0.342. The average molecular weight is 501 g/mol. The van der Waals surface area contributed by atoms with Gasteiger partial charge in [0.05, 0.1) is 0 Å². The molecule has 0 atom stereocenters. The van der Waals surface area contributed by atoms with E-state index in [2.05, 4.69) is 4.98 Å². The summed E-state index contributed by atoms with van der Waals surface area (Å²) in [6.07, 6.45) is 1.81. The van der Waals surface area contributed by atoms with Gasteiger partial charge in [0.2, 0.25) is 0 Å². The number of hydrogen-bond acceptors (Lipinski definition) is 4. The second-order valence-electron chi connectivity index (χ2n) is 2.25. The summed E-state index contributed by atoms with van der Waals surface area (Å²) >= 11 is 16.0. The van der Waals surface area contributed by atoms with Gasteiger partial charge >= 0.3 is 0 Å². The minimum atomic E-state index is 0. The average Bonchev–Trinajstić information content (AvgIpc) is 2.21. The van der Waals surface area contributed by atoms with Gasteiger partial charge in [0.25, 0.3) is 0 Å². The molecule has 1 N–H and O–H groups in total. The molecule has 17 heavy (non-hydrogen) atoms. The first-order chi connectivity index (χ1) is 6.81. The van der Waals surface area contributed by atoms with Crippen LogP contribution >= 0.6 is 24.0 Å². The standard InChI is InChI=1S/C5H5NS.C4H10S3.ClH.O.Re/c7-5-3-1-2-4-6-5;5-1-3-7-4-2-6;;;/h1-4H,(H,6,7);5-6H,1-4H2;1H;;/q;;;-2;/p-3. The Hall–Kier alpha value is 1.33. The fourth-order valence-corrected chi connectivity index (χ4v) is 1.89. The van der Waals surface area contributed by atoms with E-state index in [-0.39, 0.29) is 38.3 Å². The van der Waals surface area contributed by atoms with Crippen molar-refractivity contribution in [3.8, 4) is 0 Å². The number of hydrogen-bond donors (Lipinski definition) is 1. The van der Waals surface area contributed by atoms with Gasteiger partial charge in [-0.2, -0.15) is 23.3 Å². The zero-order valence-electron chi connectivity index (χ0n) is 8.93. The second-order valence-corrected chi connectivity index (χ2v) is 4.73. The third-order valence-electron chi connectivity index (χ3n) is 1.14. The number of aromatic nitrogens is 1. The van der Waals surface area contributed by atoms with Crippen LogP contribution in [0.15, 0.2) is 24.4 Å². The van der Waals surface area contributed by atoms with E-state index in [9.17, 15) is 0 Å². The van der Waals surface area contributed by atoms with E-state index in [0.29, 0.717) is 0 Å². The molecule has 0 fully saturated rings. The van der Waals surface area contributed by atoms with Gasteiger partial charge in [0, 0.05) is 26.6 Å². The Bertz CT molecular complexity index is 256. The van der Waals surface area contributed by atoms with Crippen molar-refractivity contribution in [1.29, 1.82) is 0 Å². The molecule has 103 valence electrons. The van der Waals surface area contributed by atoms with E-state index in [4.69, 9.17) is 37.5 Å². The fourth-order valence-electron chi connectivity index (χ4n) is 0.597. The van der Waals surface area contributed by atoms with Gasteiger partial charge in [-0.25, -0.2) is 0 Å². The normalized spacial score (nSPS) is 7.41. The van der Waals surface area contributed by atoms with Crippen molar-refractivity contribution >= 4 is 49.2 Å². The molecule has 1 aromatic heterocycles. The van der Waals surface area contributed by atoms with Gasteiger partial charge < -0.3 is 48.1 Å². The van der Waals surface area contributed by atoms with Gasteiger partial charge in [0.1, 0.15) is 4.64 Å². The van der Waals surface area contributed by atoms with E-state index in [1.807, 2.05) is 36.2 Å². The van der Waals surface area contributed by atoms with Crippen LogP contribution in [0.4, 0.5) is 0 Å². The Kier molecular flexibility index (Phi) is 35.5. The van der Waals surface area contributed by atoms with E-state index in [1.165, 1.54) is 0 Å². The number of H-pyrrole nitrogens is 1. The Morgan fingerprint density at radius 3 is 1.94 bits per heavy atom. The summed E-state index contributed by atoms with van der Waals surface area (Å²) in [5.74, 6) is 3.90. The molecule has 0 aromatic carbocycles. The molecule has 1 aromatic rings. The van der Waals surface area contributed by atoms with Gasteiger partial charge in [-0.15, -0.1) is 0 Å². The van der Waals surface area contributed by atoms with Crippen LogP contribution in [0.3, 0.4) is 0 Å². The largest absolute Gasteiger partial charge is 2.00 e. The summed E-state index contributed by atoms with van der Waals surface area (Å²) < 4.78 is 0.780. The van der Waals surface area contributed by atoms with Crippen LogP contribution in [0.1, 0.15) is 0 Å². The Morgan fingerprint density at radius 1 is 1.18 bits per heavy atom. The first-order valence-electron chi connectivity index (χ1n) is 4.19. The Labute approximate surface area is 143 Å². The SMILES string of the molecule is S=c1cccc[nH]1.[Cl-].[O-2].[Re].[S-]CCSCC[S-]. The van der Waals surface area contributed by atoms with Gasteiger partial charge in [-0.3, -0.25) is 0 Å². The molecular weight excluding hydrogens is 488 g/mol. The second kappa shape index (κ2) is 22.5. The summed E-state index contributed by atoms with van der Waals surface area (Å²) in [7, 11) is 0. The number of pyridine rings is 1. The number of halogens is 1. The Morgan fingerprint density at radius 2 is 1.71 bits per heavy atom.